The van der Waals surface area contributed by atoms with Gasteiger partial charge < -0.3 is 10.2 Å². The van der Waals surface area contributed by atoms with E-state index in [0.717, 1.165) is 12.6 Å². The molecule has 19 heavy (non-hydrogen) atoms. The predicted octanol–water partition coefficient (Wildman–Crippen LogP) is 3.66. The lowest BCUT2D eigenvalue weighted by atomic mass is 9.97. The van der Waals surface area contributed by atoms with Crippen molar-refractivity contribution in [3.63, 3.8) is 0 Å². The van der Waals surface area contributed by atoms with Gasteiger partial charge in [0.05, 0.1) is 0 Å². The number of thioether (sulfide) groups is 1. The summed E-state index contributed by atoms with van der Waals surface area (Å²) in [4.78, 5) is 2.54. The molecule has 1 aliphatic rings. The SMILES string of the molecule is CCC(CSC)N(C)CCC1CNc2ccccc21. The van der Waals surface area contributed by atoms with Crippen molar-refractivity contribution >= 4 is 17.4 Å². The summed E-state index contributed by atoms with van der Waals surface area (Å²) in [6.07, 6.45) is 4.70. The quantitative estimate of drug-likeness (QED) is 0.819. The maximum atomic E-state index is 3.52. The molecule has 0 spiro atoms. The maximum Gasteiger partial charge on any atom is 0.0376 e. The van der Waals surface area contributed by atoms with Crippen molar-refractivity contribution < 1.29 is 0 Å². The fourth-order valence-electron chi connectivity index (χ4n) is 2.91. The van der Waals surface area contributed by atoms with Crippen LogP contribution in [-0.2, 0) is 0 Å². The van der Waals surface area contributed by atoms with Crippen LogP contribution in [0.4, 0.5) is 5.69 Å². The fourth-order valence-corrected chi connectivity index (χ4v) is 3.78. The van der Waals surface area contributed by atoms with Gasteiger partial charge in [0.2, 0.25) is 0 Å². The van der Waals surface area contributed by atoms with Crippen molar-refractivity contribution in [2.24, 2.45) is 0 Å². The lowest BCUT2D eigenvalue weighted by Gasteiger charge is -2.27. The van der Waals surface area contributed by atoms with E-state index in [1.807, 2.05) is 11.8 Å². The molecule has 0 fully saturated rings. The first kappa shape index (κ1) is 14.7. The van der Waals surface area contributed by atoms with Gasteiger partial charge in [-0.05, 0) is 44.3 Å². The zero-order valence-electron chi connectivity index (χ0n) is 12.4. The number of hydrogen-bond acceptors (Lipinski definition) is 3. The van der Waals surface area contributed by atoms with E-state index in [2.05, 4.69) is 54.7 Å². The van der Waals surface area contributed by atoms with Gasteiger partial charge in [-0.2, -0.15) is 11.8 Å². The first-order valence-corrected chi connectivity index (χ1v) is 8.67. The highest BCUT2D eigenvalue weighted by Gasteiger charge is 2.22. The molecule has 1 N–H and O–H groups in total. The molecule has 0 radical (unpaired) electrons. The largest absolute Gasteiger partial charge is 0.384 e. The van der Waals surface area contributed by atoms with Crippen LogP contribution in [0.2, 0.25) is 0 Å². The summed E-state index contributed by atoms with van der Waals surface area (Å²) in [7, 11) is 2.28. The zero-order chi connectivity index (χ0) is 13.7. The van der Waals surface area contributed by atoms with E-state index in [0.29, 0.717) is 5.92 Å². The molecule has 2 unspecified atom stereocenters. The Kier molecular flexibility index (Phi) is 5.59. The molecule has 0 aromatic heterocycles. The standard InChI is InChI=1S/C16H26N2S/c1-4-14(12-19-3)18(2)10-9-13-11-17-16-8-6-5-7-15(13)16/h5-8,13-14,17H,4,9-12H2,1-3H3. The van der Waals surface area contributed by atoms with E-state index in [-0.39, 0.29) is 0 Å². The van der Waals surface area contributed by atoms with Crippen molar-refractivity contribution in [3.8, 4) is 0 Å². The second kappa shape index (κ2) is 7.20. The summed E-state index contributed by atoms with van der Waals surface area (Å²) in [6, 6.07) is 9.47. The Morgan fingerprint density at radius 1 is 1.42 bits per heavy atom. The van der Waals surface area contributed by atoms with Gasteiger partial charge >= 0.3 is 0 Å². The summed E-state index contributed by atoms with van der Waals surface area (Å²) in [5, 5.41) is 3.52. The third kappa shape index (κ3) is 3.67. The van der Waals surface area contributed by atoms with Crippen molar-refractivity contribution in [3.05, 3.63) is 29.8 Å². The molecule has 2 rings (SSSR count). The lowest BCUT2D eigenvalue weighted by molar-refractivity contribution is 0.248. The fraction of sp³-hybridized carbons (Fsp3) is 0.625. The van der Waals surface area contributed by atoms with Crippen LogP contribution in [0.3, 0.4) is 0 Å². The van der Waals surface area contributed by atoms with Gasteiger partial charge in [-0.25, -0.2) is 0 Å². The summed E-state index contributed by atoms with van der Waals surface area (Å²) in [5.74, 6) is 1.93. The highest BCUT2D eigenvalue weighted by molar-refractivity contribution is 7.98. The molecular weight excluding hydrogens is 252 g/mol. The van der Waals surface area contributed by atoms with Crippen molar-refractivity contribution in [1.29, 1.82) is 0 Å². The molecule has 106 valence electrons. The molecule has 1 heterocycles. The molecule has 0 saturated carbocycles. The van der Waals surface area contributed by atoms with E-state index in [1.54, 1.807) is 0 Å². The molecule has 0 amide bonds. The number of hydrogen-bond donors (Lipinski definition) is 1. The van der Waals surface area contributed by atoms with Gasteiger partial charge in [-0.3, -0.25) is 0 Å². The monoisotopic (exact) mass is 278 g/mol. The molecule has 3 heteroatoms. The normalized spacial score (nSPS) is 19.3. The number of nitrogens with zero attached hydrogens (tertiary/aromatic N) is 1. The summed E-state index contributed by atoms with van der Waals surface area (Å²) in [5.41, 5.74) is 2.85. The highest BCUT2D eigenvalue weighted by atomic mass is 32.2. The average molecular weight is 278 g/mol. The van der Waals surface area contributed by atoms with Crippen LogP contribution in [0, 0.1) is 0 Å². The Balaban J connectivity index is 1.86. The van der Waals surface area contributed by atoms with Gasteiger partial charge in [0.15, 0.2) is 0 Å². The zero-order valence-corrected chi connectivity index (χ0v) is 13.2. The molecule has 1 aromatic rings. The molecule has 1 aliphatic heterocycles. The van der Waals surface area contributed by atoms with Crippen LogP contribution >= 0.6 is 11.8 Å². The Bertz CT molecular complexity index is 394. The van der Waals surface area contributed by atoms with Crippen molar-refractivity contribution in [2.45, 2.75) is 31.7 Å². The number of nitrogens with one attached hydrogen (secondary N) is 1. The smallest absolute Gasteiger partial charge is 0.0376 e. The molecule has 2 nitrogen and oxygen atoms in total. The topological polar surface area (TPSA) is 15.3 Å². The number of benzene rings is 1. The number of rotatable bonds is 7. The maximum absolute atomic E-state index is 3.52. The lowest BCUT2D eigenvalue weighted by Crippen LogP contribution is -2.34. The third-order valence-corrected chi connectivity index (χ3v) is 4.94. The Morgan fingerprint density at radius 2 is 2.21 bits per heavy atom. The first-order chi connectivity index (χ1) is 9.26. The van der Waals surface area contributed by atoms with Crippen LogP contribution < -0.4 is 5.32 Å². The van der Waals surface area contributed by atoms with Crippen LogP contribution in [-0.4, -0.2) is 43.1 Å². The Labute approximate surface area is 122 Å². The van der Waals surface area contributed by atoms with Gasteiger partial charge in [-0.15, -0.1) is 0 Å². The molecule has 0 bridgehead atoms. The van der Waals surface area contributed by atoms with Gasteiger partial charge in [0, 0.05) is 29.9 Å². The van der Waals surface area contributed by atoms with Crippen molar-refractivity contribution in [1.82, 2.24) is 4.90 Å². The van der Waals surface area contributed by atoms with Gasteiger partial charge in [-0.1, -0.05) is 25.1 Å². The predicted molar refractivity (Wildman–Crippen MR) is 87.4 cm³/mol. The van der Waals surface area contributed by atoms with Crippen LogP contribution in [0.1, 0.15) is 31.2 Å². The molecule has 0 saturated heterocycles. The second-order valence-electron chi connectivity index (χ2n) is 5.45. The molecular formula is C16H26N2S. The van der Waals surface area contributed by atoms with Crippen LogP contribution in [0.15, 0.2) is 24.3 Å². The second-order valence-corrected chi connectivity index (χ2v) is 6.36. The van der Waals surface area contributed by atoms with Crippen molar-refractivity contribution in [2.75, 3.05) is 37.5 Å². The summed E-state index contributed by atoms with van der Waals surface area (Å²) >= 11 is 1.96. The highest BCUT2D eigenvalue weighted by Crippen LogP contribution is 2.33. The first-order valence-electron chi connectivity index (χ1n) is 7.28. The summed E-state index contributed by atoms with van der Waals surface area (Å²) in [6.45, 7) is 4.59. The van der Waals surface area contributed by atoms with Gasteiger partial charge in [0.1, 0.15) is 0 Å². The summed E-state index contributed by atoms with van der Waals surface area (Å²) < 4.78 is 0. The molecule has 1 aromatic carbocycles. The number of anilines is 1. The van der Waals surface area contributed by atoms with E-state index >= 15 is 0 Å². The van der Waals surface area contributed by atoms with E-state index in [4.69, 9.17) is 0 Å². The third-order valence-electron chi connectivity index (χ3n) is 4.22. The minimum Gasteiger partial charge on any atom is -0.384 e. The Morgan fingerprint density at radius 3 is 2.95 bits per heavy atom. The minimum atomic E-state index is 0.686. The number of para-hydroxylation sites is 1. The van der Waals surface area contributed by atoms with Crippen LogP contribution in [0.25, 0.3) is 0 Å². The van der Waals surface area contributed by atoms with Crippen LogP contribution in [0.5, 0.6) is 0 Å². The van der Waals surface area contributed by atoms with E-state index in [9.17, 15) is 0 Å². The van der Waals surface area contributed by atoms with E-state index < -0.39 is 0 Å². The Hall–Kier alpha value is -0.670. The minimum absolute atomic E-state index is 0.686. The number of fused-ring (bicyclic) bond motifs is 1. The molecule has 2 atom stereocenters. The average Bonchev–Trinajstić information content (AvgIpc) is 2.85. The van der Waals surface area contributed by atoms with Gasteiger partial charge in [0.25, 0.3) is 0 Å². The van der Waals surface area contributed by atoms with E-state index in [1.165, 1.54) is 36.4 Å². The molecule has 0 aliphatic carbocycles.